The van der Waals surface area contributed by atoms with Gasteiger partial charge in [0.2, 0.25) is 6.79 Å². The molecule has 0 N–H and O–H groups in total. The molecule has 0 saturated carbocycles. The number of aldehydes is 1. The van der Waals surface area contributed by atoms with Crippen molar-refractivity contribution in [1.82, 2.24) is 0 Å². The number of halogens is 1. The predicted molar refractivity (Wildman–Crippen MR) is 64.4 cm³/mol. The van der Waals surface area contributed by atoms with Crippen LogP contribution in [0.25, 0.3) is 0 Å². The van der Waals surface area contributed by atoms with Crippen molar-refractivity contribution in [3.8, 4) is 11.5 Å². The van der Waals surface area contributed by atoms with Crippen molar-refractivity contribution < 1.29 is 14.3 Å². The number of hydrogen-bond acceptors (Lipinski definition) is 3. The molecule has 1 aromatic rings. The van der Waals surface area contributed by atoms with Gasteiger partial charge in [0, 0.05) is 5.92 Å². The Balaban J connectivity index is 2.28. The third-order valence-corrected chi connectivity index (χ3v) is 3.63. The van der Waals surface area contributed by atoms with Crippen LogP contribution < -0.4 is 9.47 Å². The van der Waals surface area contributed by atoms with Gasteiger partial charge in [0.05, 0.1) is 4.83 Å². The Bertz CT molecular complexity index is 392. The molecular formula is C12H13BrO3. The van der Waals surface area contributed by atoms with E-state index in [1.54, 1.807) is 0 Å². The number of alkyl halides is 1. The molecule has 86 valence electrons. The third-order valence-electron chi connectivity index (χ3n) is 2.78. The Hall–Kier alpha value is -1.03. The maximum Gasteiger partial charge on any atom is 0.231 e. The number of rotatable bonds is 4. The summed E-state index contributed by atoms with van der Waals surface area (Å²) in [5.41, 5.74) is 1.10. The second-order valence-corrected chi connectivity index (χ2v) is 4.77. The largest absolute Gasteiger partial charge is 0.454 e. The third kappa shape index (κ3) is 2.07. The molecule has 4 heteroatoms. The van der Waals surface area contributed by atoms with Crippen LogP contribution in [0.1, 0.15) is 24.8 Å². The Morgan fingerprint density at radius 3 is 2.88 bits per heavy atom. The Labute approximate surface area is 103 Å². The number of benzene rings is 1. The molecule has 2 atom stereocenters. The first-order chi connectivity index (χ1) is 7.76. The van der Waals surface area contributed by atoms with Crippen LogP contribution in [0, 0.1) is 0 Å². The molecule has 0 radical (unpaired) electrons. The second-order valence-electron chi connectivity index (χ2n) is 3.71. The van der Waals surface area contributed by atoms with Crippen LogP contribution in [-0.2, 0) is 4.79 Å². The van der Waals surface area contributed by atoms with Crippen LogP contribution in [0.15, 0.2) is 18.2 Å². The van der Waals surface area contributed by atoms with Crippen molar-refractivity contribution in [3.63, 3.8) is 0 Å². The molecule has 2 unspecified atom stereocenters. The normalized spacial score (nSPS) is 16.9. The van der Waals surface area contributed by atoms with E-state index in [0.29, 0.717) is 0 Å². The Kier molecular flexibility index (Phi) is 3.49. The van der Waals surface area contributed by atoms with E-state index in [0.717, 1.165) is 29.8 Å². The first-order valence-electron chi connectivity index (χ1n) is 5.25. The van der Waals surface area contributed by atoms with Crippen molar-refractivity contribution in [3.05, 3.63) is 23.8 Å². The van der Waals surface area contributed by atoms with E-state index in [-0.39, 0.29) is 17.5 Å². The van der Waals surface area contributed by atoms with Crippen molar-refractivity contribution >= 4 is 22.2 Å². The Morgan fingerprint density at radius 2 is 2.19 bits per heavy atom. The molecule has 1 aliphatic rings. The molecule has 0 aromatic heterocycles. The molecule has 0 amide bonds. The molecule has 0 spiro atoms. The van der Waals surface area contributed by atoms with E-state index < -0.39 is 0 Å². The molecular weight excluding hydrogens is 272 g/mol. The lowest BCUT2D eigenvalue weighted by Crippen LogP contribution is -2.12. The molecule has 0 fully saturated rings. The van der Waals surface area contributed by atoms with Crippen LogP contribution in [0.4, 0.5) is 0 Å². The maximum absolute atomic E-state index is 10.8. The monoisotopic (exact) mass is 284 g/mol. The zero-order valence-corrected chi connectivity index (χ0v) is 10.6. The van der Waals surface area contributed by atoms with E-state index in [4.69, 9.17) is 9.47 Å². The van der Waals surface area contributed by atoms with Crippen LogP contribution in [-0.4, -0.2) is 17.9 Å². The van der Waals surface area contributed by atoms with Gasteiger partial charge in [-0.15, -0.1) is 0 Å². The summed E-state index contributed by atoms with van der Waals surface area (Å²) < 4.78 is 10.6. The van der Waals surface area contributed by atoms with Gasteiger partial charge in [0.1, 0.15) is 6.29 Å². The van der Waals surface area contributed by atoms with Crippen molar-refractivity contribution in [2.24, 2.45) is 0 Å². The topological polar surface area (TPSA) is 35.5 Å². The number of ether oxygens (including phenoxy) is 2. The summed E-state index contributed by atoms with van der Waals surface area (Å²) in [5, 5.41) is 0. The van der Waals surface area contributed by atoms with Crippen molar-refractivity contribution in [2.45, 2.75) is 24.1 Å². The van der Waals surface area contributed by atoms with Gasteiger partial charge in [-0.05, 0) is 24.1 Å². The predicted octanol–water partition coefficient (Wildman–Crippen LogP) is 2.87. The second kappa shape index (κ2) is 4.87. The summed E-state index contributed by atoms with van der Waals surface area (Å²) in [4.78, 5) is 10.7. The molecule has 1 aliphatic heterocycles. The van der Waals surface area contributed by atoms with Gasteiger partial charge in [-0.1, -0.05) is 28.9 Å². The van der Waals surface area contributed by atoms with Gasteiger partial charge < -0.3 is 14.3 Å². The fraction of sp³-hybridized carbons (Fsp3) is 0.417. The van der Waals surface area contributed by atoms with Gasteiger partial charge in [-0.3, -0.25) is 0 Å². The highest BCUT2D eigenvalue weighted by atomic mass is 79.9. The van der Waals surface area contributed by atoms with Crippen LogP contribution >= 0.6 is 15.9 Å². The van der Waals surface area contributed by atoms with E-state index >= 15 is 0 Å². The van der Waals surface area contributed by atoms with Gasteiger partial charge in [0.25, 0.3) is 0 Å². The summed E-state index contributed by atoms with van der Waals surface area (Å²) in [6.45, 7) is 2.34. The van der Waals surface area contributed by atoms with Crippen LogP contribution in [0.2, 0.25) is 0 Å². The standard InChI is InChI=1S/C12H13BrO3/c1-2-9(10(13)6-14)8-3-4-11-12(5-8)16-7-15-11/h3-6,9-10H,2,7H2,1H3. The average molecular weight is 285 g/mol. The van der Waals surface area contributed by atoms with Gasteiger partial charge >= 0.3 is 0 Å². The highest BCUT2D eigenvalue weighted by molar-refractivity contribution is 9.10. The lowest BCUT2D eigenvalue weighted by molar-refractivity contribution is -0.107. The molecule has 0 aliphatic carbocycles. The van der Waals surface area contributed by atoms with E-state index in [1.807, 2.05) is 18.2 Å². The van der Waals surface area contributed by atoms with Crippen molar-refractivity contribution in [2.75, 3.05) is 6.79 Å². The summed E-state index contributed by atoms with van der Waals surface area (Å²) in [5.74, 6) is 1.71. The van der Waals surface area contributed by atoms with Crippen molar-refractivity contribution in [1.29, 1.82) is 0 Å². The fourth-order valence-electron chi connectivity index (χ4n) is 1.88. The van der Waals surface area contributed by atoms with Crippen LogP contribution in [0.3, 0.4) is 0 Å². The minimum atomic E-state index is -0.155. The summed E-state index contributed by atoms with van der Waals surface area (Å²) in [6, 6.07) is 5.83. The van der Waals surface area contributed by atoms with Gasteiger partial charge in [-0.25, -0.2) is 0 Å². The molecule has 1 aromatic carbocycles. The fourth-order valence-corrected chi connectivity index (χ4v) is 2.56. The highest BCUT2D eigenvalue weighted by Crippen LogP contribution is 2.37. The minimum Gasteiger partial charge on any atom is -0.454 e. The maximum atomic E-state index is 10.8. The van der Waals surface area contributed by atoms with E-state index in [2.05, 4.69) is 22.9 Å². The van der Waals surface area contributed by atoms with Gasteiger partial charge in [-0.2, -0.15) is 0 Å². The molecule has 0 bridgehead atoms. The molecule has 0 saturated heterocycles. The summed E-state index contributed by atoms with van der Waals surface area (Å²) in [7, 11) is 0. The number of carbonyl (C=O) groups excluding carboxylic acids is 1. The molecule has 1 heterocycles. The first kappa shape index (κ1) is 11.5. The lowest BCUT2D eigenvalue weighted by Gasteiger charge is -2.17. The highest BCUT2D eigenvalue weighted by Gasteiger charge is 2.21. The zero-order valence-electron chi connectivity index (χ0n) is 8.98. The van der Waals surface area contributed by atoms with Gasteiger partial charge in [0.15, 0.2) is 11.5 Å². The average Bonchev–Trinajstić information content (AvgIpc) is 2.77. The van der Waals surface area contributed by atoms with Crippen LogP contribution in [0.5, 0.6) is 11.5 Å². The van der Waals surface area contributed by atoms with E-state index in [1.165, 1.54) is 0 Å². The zero-order chi connectivity index (χ0) is 11.5. The quantitative estimate of drug-likeness (QED) is 0.630. The van der Waals surface area contributed by atoms with E-state index in [9.17, 15) is 4.79 Å². The SMILES string of the molecule is CCC(c1ccc2c(c1)OCO2)C(Br)C=O. The summed E-state index contributed by atoms with van der Waals surface area (Å²) >= 11 is 3.38. The number of fused-ring (bicyclic) bond motifs is 1. The number of hydrogen-bond donors (Lipinski definition) is 0. The smallest absolute Gasteiger partial charge is 0.231 e. The lowest BCUT2D eigenvalue weighted by atomic mass is 9.93. The molecule has 16 heavy (non-hydrogen) atoms. The molecule has 2 rings (SSSR count). The molecule has 3 nitrogen and oxygen atoms in total. The summed E-state index contributed by atoms with van der Waals surface area (Å²) in [6.07, 6.45) is 1.83. The Morgan fingerprint density at radius 1 is 1.44 bits per heavy atom. The number of carbonyl (C=O) groups is 1. The first-order valence-corrected chi connectivity index (χ1v) is 6.16. The minimum absolute atomic E-state index is 0.155.